The van der Waals surface area contributed by atoms with Crippen LogP contribution in [0.5, 0.6) is 11.8 Å². The van der Waals surface area contributed by atoms with Gasteiger partial charge in [0.05, 0.1) is 12.3 Å². The molecule has 26 heavy (non-hydrogen) atoms. The maximum atomic E-state index is 12.5. The molecule has 1 atom stereocenters. The lowest BCUT2D eigenvalue weighted by Gasteiger charge is -2.17. The van der Waals surface area contributed by atoms with Gasteiger partial charge in [-0.25, -0.2) is 18.4 Å². The Bertz CT molecular complexity index is 823. The molecule has 1 aliphatic heterocycles. The largest absolute Gasteiger partial charge is 0.492 e. The van der Waals surface area contributed by atoms with Gasteiger partial charge in [0.15, 0.2) is 0 Å². The Morgan fingerprint density at radius 1 is 1.15 bits per heavy atom. The van der Waals surface area contributed by atoms with Gasteiger partial charge >= 0.3 is 6.01 Å². The molecule has 2 aromatic rings. The molecule has 0 aliphatic carbocycles. The summed E-state index contributed by atoms with van der Waals surface area (Å²) < 4.78 is 37.7. The van der Waals surface area contributed by atoms with Crippen molar-refractivity contribution in [2.75, 3.05) is 25.4 Å². The van der Waals surface area contributed by atoms with Crippen LogP contribution in [0, 0.1) is 13.8 Å². The standard InChI is InChI=1S/C18H23N3O4S/c1-14-12-15(2)20-18(19-14)25-17-8-9-21(13-17)26(22,23)11-10-24-16-6-4-3-5-7-16/h3-7,12,17H,8-11,13H2,1-2H3/t17-/m1/s1. The highest BCUT2D eigenvalue weighted by Crippen LogP contribution is 2.19. The molecule has 0 bridgehead atoms. The second-order valence-electron chi connectivity index (χ2n) is 6.30. The average molecular weight is 377 g/mol. The second kappa shape index (κ2) is 8.01. The average Bonchev–Trinajstić information content (AvgIpc) is 3.04. The molecule has 1 saturated heterocycles. The molecule has 0 amide bonds. The molecule has 140 valence electrons. The van der Waals surface area contributed by atoms with Crippen LogP contribution in [-0.4, -0.2) is 54.2 Å². The van der Waals surface area contributed by atoms with Gasteiger partial charge in [-0.1, -0.05) is 18.2 Å². The third kappa shape index (κ3) is 4.92. The van der Waals surface area contributed by atoms with Crippen molar-refractivity contribution in [3.63, 3.8) is 0 Å². The minimum atomic E-state index is -3.38. The smallest absolute Gasteiger partial charge is 0.317 e. The maximum absolute atomic E-state index is 12.5. The maximum Gasteiger partial charge on any atom is 0.317 e. The highest BCUT2D eigenvalue weighted by molar-refractivity contribution is 7.89. The fourth-order valence-corrected chi connectivity index (χ4v) is 4.18. The molecule has 0 spiro atoms. The van der Waals surface area contributed by atoms with Crippen molar-refractivity contribution in [3.05, 3.63) is 47.8 Å². The van der Waals surface area contributed by atoms with Gasteiger partial charge in [-0.2, -0.15) is 4.31 Å². The van der Waals surface area contributed by atoms with Crippen molar-refractivity contribution in [2.45, 2.75) is 26.4 Å². The topological polar surface area (TPSA) is 81.6 Å². The van der Waals surface area contributed by atoms with E-state index in [0.29, 0.717) is 31.3 Å². The molecule has 0 saturated carbocycles. The SMILES string of the molecule is Cc1cc(C)nc(O[C@@H]2CCN(S(=O)(=O)CCOc3ccccc3)C2)n1. The molecule has 1 aliphatic rings. The Labute approximate surface area is 154 Å². The summed E-state index contributed by atoms with van der Waals surface area (Å²) >= 11 is 0. The molecule has 1 aromatic carbocycles. The Hall–Kier alpha value is -2.19. The van der Waals surface area contributed by atoms with Crippen LogP contribution >= 0.6 is 0 Å². The van der Waals surface area contributed by atoms with E-state index >= 15 is 0 Å². The van der Waals surface area contributed by atoms with E-state index in [1.165, 1.54) is 4.31 Å². The third-order valence-corrected chi connectivity index (χ3v) is 5.89. The van der Waals surface area contributed by atoms with Gasteiger partial charge in [0.25, 0.3) is 0 Å². The van der Waals surface area contributed by atoms with Crippen molar-refractivity contribution in [3.8, 4) is 11.8 Å². The summed E-state index contributed by atoms with van der Waals surface area (Å²) in [6.07, 6.45) is 0.385. The quantitative estimate of drug-likeness (QED) is 0.734. The fourth-order valence-electron chi connectivity index (χ4n) is 2.85. The van der Waals surface area contributed by atoms with Crippen molar-refractivity contribution in [2.24, 2.45) is 0 Å². The van der Waals surface area contributed by atoms with Gasteiger partial charge in [0.2, 0.25) is 10.0 Å². The lowest BCUT2D eigenvalue weighted by atomic mass is 10.3. The first kappa shape index (κ1) is 18.6. The van der Waals surface area contributed by atoms with E-state index in [4.69, 9.17) is 9.47 Å². The van der Waals surface area contributed by atoms with Crippen LogP contribution in [0.2, 0.25) is 0 Å². The lowest BCUT2D eigenvalue weighted by molar-refractivity contribution is 0.196. The Morgan fingerprint density at radius 2 is 1.85 bits per heavy atom. The number of nitrogens with zero attached hydrogens (tertiary/aromatic N) is 3. The summed E-state index contributed by atoms with van der Waals surface area (Å²) in [7, 11) is -3.38. The molecule has 2 heterocycles. The molecule has 0 N–H and O–H groups in total. The van der Waals surface area contributed by atoms with Crippen LogP contribution in [0.1, 0.15) is 17.8 Å². The van der Waals surface area contributed by atoms with Gasteiger partial charge in [0.1, 0.15) is 18.5 Å². The summed E-state index contributed by atoms with van der Waals surface area (Å²) in [5.74, 6) is 0.603. The van der Waals surface area contributed by atoms with Gasteiger partial charge < -0.3 is 9.47 Å². The van der Waals surface area contributed by atoms with Crippen molar-refractivity contribution >= 4 is 10.0 Å². The first-order chi connectivity index (χ1) is 12.4. The van der Waals surface area contributed by atoms with Crippen LogP contribution in [-0.2, 0) is 10.0 Å². The number of hydrogen-bond donors (Lipinski definition) is 0. The number of rotatable bonds is 7. The van der Waals surface area contributed by atoms with E-state index in [0.717, 1.165) is 11.4 Å². The van der Waals surface area contributed by atoms with Crippen LogP contribution in [0.25, 0.3) is 0 Å². The number of aromatic nitrogens is 2. The molecule has 1 aromatic heterocycles. The number of para-hydroxylation sites is 1. The summed E-state index contributed by atoms with van der Waals surface area (Å²) in [5.41, 5.74) is 1.65. The molecule has 3 rings (SSSR count). The highest BCUT2D eigenvalue weighted by atomic mass is 32.2. The Morgan fingerprint density at radius 3 is 2.54 bits per heavy atom. The molecular formula is C18H23N3O4S. The zero-order valence-corrected chi connectivity index (χ0v) is 15.8. The van der Waals surface area contributed by atoms with E-state index in [-0.39, 0.29) is 18.5 Å². The molecule has 7 nitrogen and oxygen atoms in total. The van der Waals surface area contributed by atoms with Crippen molar-refractivity contribution in [1.82, 2.24) is 14.3 Å². The zero-order valence-electron chi connectivity index (χ0n) is 15.0. The minimum absolute atomic E-state index is 0.0608. The number of sulfonamides is 1. The summed E-state index contributed by atoms with van der Waals surface area (Å²) in [6, 6.07) is 11.4. The fraction of sp³-hybridized carbons (Fsp3) is 0.444. The number of hydrogen-bond acceptors (Lipinski definition) is 6. The third-order valence-electron chi connectivity index (χ3n) is 4.09. The van der Waals surface area contributed by atoms with Crippen LogP contribution in [0.15, 0.2) is 36.4 Å². The molecular weight excluding hydrogens is 354 g/mol. The van der Waals surface area contributed by atoms with Crippen LogP contribution in [0.3, 0.4) is 0 Å². The number of benzene rings is 1. The molecule has 0 radical (unpaired) electrons. The highest BCUT2D eigenvalue weighted by Gasteiger charge is 2.32. The van der Waals surface area contributed by atoms with Gasteiger partial charge in [0, 0.05) is 17.9 Å². The van der Waals surface area contributed by atoms with E-state index in [1.54, 1.807) is 12.1 Å². The van der Waals surface area contributed by atoms with Gasteiger partial charge in [-0.05, 0) is 38.5 Å². The predicted octanol–water partition coefficient (Wildman–Crippen LogP) is 1.96. The van der Waals surface area contributed by atoms with E-state index < -0.39 is 10.0 Å². The first-order valence-corrected chi connectivity index (χ1v) is 10.2. The molecule has 1 fully saturated rings. The summed E-state index contributed by atoms with van der Waals surface area (Å²) in [6.45, 7) is 4.61. The number of ether oxygens (including phenoxy) is 2. The Balaban J connectivity index is 1.52. The normalized spacial score (nSPS) is 18.0. The van der Waals surface area contributed by atoms with Crippen molar-refractivity contribution < 1.29 is 17.9 Å². The summed E-state index contributed by atoms with van der Waals surface area (Å²) in [4.78, 5) is 8.49. The van der Waals surface area contributed by atoms with Gasteiger partial charge in [-0.3, -0.25) is 0 Å². The summed E-state index contributed by atoms with van der Waals surface area (Å²) in [5, 5.41) is 0. The predicted molar refractivity (Wildman–Crippen MR) is 97.8 cm³/mol. The van der Waals surface area contributed by atoms with Crippen LogP contribution in [0.4, 0.5) is 0 Å². The van der Waals surface area contributed by atoms with E-state index in [2.05, 4.69) is 9.97 Å². The molecule has 8 heteroatoms. The van der Waals surface area contributed by atoms with E-state index in [1.807, 2.05) is 38.1 Å². The van der Waals surface area contributed by atoms with Crippen LogP contribution < -0.4 is 9.47 Å². The molecule has 0 unspecified atom stereocenters. The monoisotopic (exact) mass is 377 g/mol. The minimum Gasteiger partial charge on any atom is -0.492 e. The zero-order chi connectivity index (χ0) is 18.6. The Kier molecular flexibility index (Phi) is 5.73. The van der Waals surface area contributed by atoms with E-state index in [9.17, 15) is 8.42 Å². The number of aryl methyl sites for hydroxylation is 2. The lowest BCUT2D eigenvalue weighted by Crippen LogP contribution is -2.34. The van der Waals surface area contributed by atoms with Crippen molar-refractivity contribution in [1.29, 1.82) is 0 Å². The first-order valence-electron chi connectivity index (χ1n) is 8.57. The van der Waals surface area contributed by atoms with Gasteiger partial charge in [-0.15, -0.1) is 0 Å². The second-order valence-corrected chi connectivity index (χ2v) is 8.39.